The summed E-state index contributed by atoms with van der Waals surface area (Å²) < 4.78 is 29.2. The molecule has 0 spiro atoms. The molecule has 0 fully saturated rings. The van der Waals surface area contributed by atoms with Crippen LogP contribution in [0.3, 0.4) is 0 Å². The zero-order valence-corrected chi connectivity index (χ0v) is 15.1. The SMILES string of the molecule is Cc1ccc(S(=O)(=O)OC(=O)[C@@H](N)Cc2cccc3ccccc23)cc1. The molecule has 0 amide bonds. The molecule has 0 bridgehead atoms. The summed E-state index contributed by atoms with van der Waals surface area (Å²) >= 11 is 0. The van der Waals surface area contributed by atoms with E-state index >= 15 is 0 Å². The zero-order valence-electron chi connectivity index (χ0n) is 14.3. The Labute approximate surface area is 152 Å². The first-order chi connectivity index (χ1) is 12.4. The van der Waals surface area contributed by atoms with E-state index in [4.69, 9.17) is 9.92 Å². The first-order valence-electron chi connectivity index (χ1n) is 8.14. The number of hydrogen-bond donors (Lipinski definition) is 1. The molecule has 0 aliphatic heterocycles. The molecule has 0 heterocycles. The summed E-state index contributed by atoms with van der Waals surface area (Å²) in [5.41, 5.74) is 7.68. The van der Waals surface area contributed by atoms with Crippen molar-refractivity contribution in [3.63, 3.8) is 0 Å². The van der Waals surface area contributed by atoms with Gasteiger partial charge in [-0.05, 0) is 41.8 Å². The first-order valence-corrected chi connectivity index (χ1v) is 9.55. The minimum Gasteiger partial charge on any atom is -0.341 e. The van der Waals surface area contributed by atoms with Gasteiger partial charge < -0.3 is 9.92 Å². The Bertz CT molecular complexity index is 1040. The molecular weight excluding hydrogens is 350 g/mol. The van der Waals surface area contributed by atoms with Gasteiger partial charge in [0.1, 0.15) is 10.9 Å². The van der Waals surface area contributed by atoms with E-state index in [2.05, 4.69) is 0 Å². The van der Waals surface area contributed by atoms with Crippen molar-refractivity contribution >= 4 is 26.9 Å². The summed E-state index contributed by atoms with van der Waals surface area (Å²) in [5.74, 6) is -0.974. The molecule has 26 heavy (non-hydrogen) atoms. The van der Waals surface area contributed by atoms with Gasteiger partial charge in [-0.3, -0.25) is 0 Å². The van der Waals surface area contributed by atoms with Gasteiger partial charge in [-0.15, -0.1) is 0 Å². The monoisotopic (exact) mass is 369 g/mol. The van der Waals surface area contributed by atoms with E-state index in [0.29, 0.717) is 0 Å². The predicted octanol–water partition coefficient (Wildman–Crippen LogP) is 2.95. The van der Waals surface area contributed by atoms with Gasteiger partial charge in [-0.2, -0.15) is 8.42 Å². The molecule has 0 aromatic heterocycles. The summed E-state index contributed by atoms with van der Waals surface area (Å²) in [7, 11) is -4.19. The molecule has 1 atom stereocenters. The molecule has 134 valence electrons. The third kappa shape index (κ3) is 3.92. The largest absolute Gasteiger partial charge is 0.341 e. The van der Waals surface area contributed by atoms with Gasteiger partial charge >= 0.3 is 16.1 Å². The molecular formula is C20H19NO4S. The van der Waals surface area contributed by atoms with Crippen LogP contribution in [-0.4, -0.2) is 20.4 Å². The average molecular weight is 369 g/mol. The van der Waals surface area contributed by atoms with Crippen LogP contribution in [0.4, 0.5) is 0 Å². The first kappa shape index (κ1) is 18.1. The van der Waals surface area contributed by atoms with Crippen LogP contribution in [0.15, 0.2) is 71.6 Å². The van der Waals surface area contributed by atoms with Crippen molar-refractivity contribution in [3.8, 4) is 0 Å². The van der Waals surface area contributed by atoms with Crippen molar-refractivity contribution in [1.29, 1.82) is 0 Å². The van der Waals surface area contributed by atoms with Crippen LogP contribution in [-0.2, 0) is 25.5 Å². The van der Waals surface area contributed by atoms with Crippen LogP contribution in [0.5, 0.6) is 0 Å². The van der Waals surface area contributed by atoms with Crippen LogP contribution in [0.2, 0.25) is 0 Å². The Balaban J connectivity index is 1.76. The molecule has 0 radical (unpaired) electrons. The Hall–Kier alpha value is -2.70. The van der Waals surface area contributed by atoms with Gasteiger partial charge in [-0.1, -0.05) is 60.2 Å². The van der Waals surface area contributed by atoms with Crippen molar-refractivity contribution in [2.75, 3.05) is 0 Å². The Kier molecular flexibility index (Phi) is 5.06. The zero-order chi connectivity index (χ0) is 18.7. The van der Waals surface area contributed by atoms with Crippen LogP contribution in [0, 0.1) is 6.92 Å². The fourth-order valence-corrected chi connectivity index (χ4v) is 3.62. The molecule has 0 unspecified atom stereocenters. The Morgan fingerprint density at radius 1 is 1.00 bits per heavy atom. The van der Waals surface area contributed by atoms with Gasteiger partial charge in [0.25, 0.3) is 0 Å². The molecule has 0 saturated heterocycles. The van der Waals surface area contributed by atoms with Gasteiger partial charge in [-0.25, -0.2) is 4.79 Å². The highest BCUT2D eigenvalue weighted by Crippen LogP contribution is 2.20. The predicted molar refractivity (Wildman–Crippen MR) is 100 cm³/mol. The van der Waals surface area contributed by atoms with E-state index in [1.165, 1.54) is 12.1 Å². The molecule has 0 saturated carbocycles. The normalized spacial score (nSPS) is 12.7. The maximum Gasteiger partial charge on any atom is 0.341 e. The molecule has 6 heteroatoms. The lowest BCUT2D eigenvalue weighted by Crippen LogP contribution is -2.35. The Morgan fingerprint density at radius 3 is 2.38 bits per heavy atom. The lowest BCUT2D eigenvalue weighted by molar-refractivity contribution is -0.135. The number of rotatable bonds is 5. The summed E-state index contributed by atoms with van der Waals surface area (Å²) in [6.07, 6.45) is 0.184. The highest BCUT2D eigenvalue weighted by molar-refractivity contribution is 7.87. The third-order valence-corrected chi connectivity index (χ3v) is 5.36. The summed E-state index contributed by atoms with van der Waals surface area (Å²) in [4.78, 5) is 12.1. The molecule has 2 N–H and O–H groups in total. The smallest absolute Gasteiger partial charge is 0.341 e. The van der Waals surface area contributed by atoms with Gasteiger partial charge in [0, 0.05) is 0 Å². The van der Waals surface area contributed by atoms with E-state index in [0.717, 1.165) is 21.9 Å². The molecule has 3 aromatic carbocycles. The van der Waals surface area contributed by atoms with E-state index in [1.54, 1.807) is 12.1 Å². The molecule has 3 rings (SSSR count). The van der Waals surface area contributed by atoms with Crippen LogP contribution in [0.25, 0.3) is 10.8 Å². The molecule has 0 aliphatic carbocycles. The second-order valence-electron chi connectivity index (χ2n) is 6.12. The average Bonchev–Trinajstić information content (AvgIpc) is 2.62. The van der Waals surface area contributed by atoms with Gasteiger partial charge in [0.15, 0.2) is 0 Å². The number of carbonyl (C=O) groups is 1. The lowest BCUT2D eigenvalue weighted by Gasteiger charge is -2.13. The summed E-state index contributed by atoms with van der Waals surface area (Å²) in [6, 6.07) is 18.4. The fraction of sp³-hybridized carbons (Fsp3) is 0.150. The summed E-state index contributed by atoms with van der Waals surface area (Å²) in [6.45, 7) is 1.84. The van der Waals surface area contributed by atoms with Crippen LogP contribution >= 0.6 is 0 Å². The second-order valence-corrected chi connectivity index (χ2v) is 7.66. The van der Waals surface area contributed by atoms with Gasteiger partial charge in [0.2, 0.25) is 0 Å². The Morgan fingerprint density at radius 2 is 1.65 bits per heavy atom. The van der Waals surface area contributed by atoms with Crippen molar-refractivity contribution in [2.24, 2.45) is 5.73 Å². The van der Waals surface area contributed by atoms with E-state index in [-0.39, 0.29) is 11.3 Å². The second kappa shape index (κ2) is 7.27. The van der Waals surface area contributed by atoms with E-state index in [9.17, 15) is 13.2 Å². The minimum atomic E-state index is -4.19. The van der Waals surface area contributed by atoms with Crippen molar-refractivity contribution in [2.45, 2.75) is 24.3 Å². The number of benzene rings is 3. The van der Waals surface area contributed by atoms with Crippen molar-refractivity contribution in [3.05, 3.63) is 77.9 Å². The highest BCUT2D eigenvalue weighted by atomic mass is 32.2. The van der Waals surface area contributed by atoms with E-state index in [1.807, 2.05) is 49.4 Å². The van der Waals surface area contributed by atoms with Crippen LogP contribution in [0.1, 0.15) is 11.1 Å². The number of carbonyl (C=O) groups excluding carboxylic acids is 1. The van der Waals surface area contributed by atoms with Crippen LogP contribution < -0.4 is 5.73 Å². The fourth-order valence-electron chi connectivity index (χ4n) is 2.71. The summed E-state index contributed by atoms with van der Waals surface area (Å²) in [5, 5.41) is 2.00. The van der Waals surface area contributed by atoms with Crippen molar-refractivity contribution < 1.29 is 17.4 Å². The lowest BCUT2D eigenvalue weighted by atomic mass is 9.99. The number of nitrogens with two attached hydrogens (primary N) is 1. The quantitative estimate of drug-likeness (QED) is 0.699. The molecule has 0 aliphatic rings. The van der Waals surface area contributed by atoms with E-state index < -0.39 is 22.1 Å². The number of aryl methyl sites for hydroxylation is 1. The van der Waals surface area contributed by atoms with Crippen molar-refractivity contribution in [1.82, 2.24) is 0 Å². The molecule has 3 aromatic rings. The highest BCUT2D eigenvalue weighted by Gasteiger charge is 2.25. The number of fused-ring (bicyclic) bond motifs is 1. The molecule has 5 nitrogen and oxygen atoms in total. The maximum absolute atomic E-state index is 12.2. The topological polar surface area (TPSA) is 86.5 Å². The standard InChI is InChI=1S/C20H19NO4S/c1-14-9-11-17(12-10-14)26(23,24)25-20(22)19(21)13-16-7-4-6-15-5-2-3-8-18(15)16/h2-12,19H,13,21H2,1H3/t19-/m0/s1. The third-order valence-electron chi connectivity index (χ3n) is 4.12. The number of hydrogen-bond acceptors (Lipinski definition) is 5. The van der Waals surface area contributed by atoms with Gasteiger partial charge in [0.05, 0.1) is 0 Å². The maximum atomic E-state index is 12.2. The minimum absolute atomic E-state index is 0.0752.